The lowest BCUT2D eigenvalue weighted by molar-refractivity contribution is -0.123. The van der Waals surface area contributed by atoms with Gasteiger partial charge in [0, 0.05) is 11.1 Å². The number of methoxy groups -OCH3 is 1. The van der Waals surface area contributed by atoms with Gasteiger partial charge in [-0.25, -0.2) is 9.82 Å². The highest BCUT2D eigenvalue weighted by Crippen LogP contribution is 2.34. The van der Waals surface area contributed by atoms with E-state index in [0.29, 0.717) is 22.6 Å². The summed E-state index contributed by atoms with van der Waals surface area (Å²) in [6.07, 6.45) is 1.45. The summed E-state index contributed by atoms with van der Waals surface area (Å²) in [6, 6.07) is 17.1. The van der Waals surface area contributed by atoms with Gasteiger partial charge in [-0.3, -0.25) is 9.59 Å². The molecule has 0 fully saturated rings. The van der Waals surface area contributed by atoms with Crippen molar-refractivity contribution in [1.82, 2.24) is 10.7 Å². The molecule has 0 radical (unpaired) electrons. The van der Waals surface area contributed by atoms with Crippen LogP contribution in [0.1, 0.15) is 40.9 Å². The van der Waals surface area contributed by atoms with Crippen LogP contribution in [0.4, 0.5) is 4.39 Å². The van der Waals surface area contributed by atoms with Gasteiger partial charge in [0.1, 0.15) is 18.5 Å². The second-order valence-corrected chi connectivity index (χ2v) is 9.69. The average molecular weight is 628 g/mol. The lowest BCUT2D eigenvalue weighted by atomic mass is 10.0. The molecular formula is C28H26FIN4O4. The number of hydrazone groups is 1. The average Bonchev–Trinajstić information content (AvgIpc) is 2.90. The van der Waals surface area contributed by atoms with E-state index in [0.717, 1.165) is 9.13 Å². The first-order valence-electron chi connectivity index (χ1n) is 11.6. The lowest BCUT2D eigenvalue weighted by Crippen LogP contribution is -2.48. The van der Waals surface area contributed by atoms with Crippen molar-refractivity contribution >= 4 is 40.6 Å². The van der Waals surface area contributed by atoms with Crippen LogP contribution in [0.15, 0.2) is 65.8 Å². The number of ether oxygens (including phenoxy) is 2. The molecule has 0 aliphatic heterocycles. The molecule has 8 nitrogen and oxygen atoms in total. The number of rotatable bonds is 10. The quantitative estimate of drug-likeness (QED) is 0.191. The zero-order valence-corrected chi connectivity index (χ0v) is 23.2. The monoisotopic (exact) mass is 628 g/mol. The summed E-state index contributed by atoms with van der Waals surface area (Å²) in [5, 5.41) is 16.0. The van der Waals surface area contributed by atoms with E-state index in [2.05, 4.69) is 44.5 Å². The van der Waals surface area contributed by atoms with Crippen LogP contribution in [-0.2, 0) is 11.4 Å². The molecule has 3 rings (SSSR count). The SMILES string of the molecule is COc1cc(/C=N/NC(=O)C(NC(=O)c2ccc(F)cc2)C(C)C)cc(I)c1OCc1ccccc1C#N. The van der Waals surface area contributed by atoms with Gasteiger partial charge in [0.15, 0.2) is 11.5 Å². The van der Waals surface area contributed by atoms with Gasteiger partial charge in [0.2, 0.25) is 0 Å². The highest BCUT2D eigenvalue weighted by molar-refractivity contribution is 14.1. The van der Waals surface area contributed by atoms with Crippen molar-refractivity contribution < 1.29 is 23.5 Å². The largest absolute Gasteiger partial charge is 0.493 e. The summed E-state index contributed by atoms with van der Waals surface area (Å²) in [6.45, 7) is 3.78. The van der Waals surface area contributed by atoms with Crippen molar-refractivity contribution in [3.8, 4) is 17.6 Å². The summed E-state index contributed by atoms with van der Waals surface area (Å²) >= 11 is 2.11. The lowest BCUT2D eigenvalue weighted by Gasteiger charge is -2.20. The molecule has 2 amide bonds. The highest BCUT2D eigenvalue weighted by atomic mass is 127. The number of carbonyl (C=O) groups excluding carboxylic acids is 2. The fraction of sp³-hybridized carbons (Fsp3) is 0.214. The van der Waals surface area contributed by atoms with Crippen LogP contribution in [0, 0.1) is 26.6 Å². The first kappa shape index (κ1) is 28.6. The number of carbonyl (C=O) groups is 2. The minimum atomic E-state index is -0.855. The Morgan fingerprint density at radius 2 is 1.87 bits per heavy atom. The zero-order valence-electron chi connectivity index (χ0n) is 21.0. The molecule has 0 saturated heterocycles. The van der Waals surface area contributed by atoms with Gasteiger partial charge in [-0.2, -0.15) is 10.4 Å². The summed E-state index contributed by atoms with van der Waals surface area (Å²) in [4.78, 5) is 25.2. The Labute approximate surface area is 234 Å². The maximum absolute atomic E-state index is 13.1. The number of halogens is 2. The molecule has 0 aromatic heterocycles. The Morgan fingerprint density at radius 3 is 2.53 bits per heavy atom. The molecule has 0 aliphatic carbocycles. The normalized spacial score (nSPS) is 11.6. The van der Waals surface area contributed by atoms with E-state index in [1.165, 1.54) is 37.6 Å². The molecule has 0 saturated carbocycles. The number of nitriles is 1. The Bertz CT molecular complexity index is 1370. The number of hydrogen-bond donors (Lipinski definition) is 2. The predicted molar refractivity (Wildman–Crippen MR) is 149 cm³/mol. The summed E-state index contributed by atoms with van der Waals surface area (Å²) < 4.78 is 25.3. The van der Waals surface area contributed by atoms with Crippen molar-refractivity contribution in [2.24, 2.45) is 11.0 Å². The van der Waals surface area contributed by atoms with Gasteiger partial charge in [-0.1, -0.05) is 32.0 Å². The standard InChI is InChI=1S/C28H26FIN4O4/c1-17(2)25(33-27(35)19-8-10-22(29)11-9-19)28(36)34-32-15-18-12-23(30)26(24(13-18)37-3)38-16-21-7-5-4-6-20(21)14-31/h4-13,15,17,25H,16H2,1-3H3,(H,33,35)(H,34,36)/b32-15+. The van der Waals surface area contributed by atoms with Gasteiger partial charge in [0.25, 0.3) is 11.8 Å². The summed E-state index contributed by atoms with van der Waals surface area (Å²) in [5.41, 5.74) is 4.64. The molecular weight excluding hydrogens is 602 g/mol. The fourth-order valence-corrected chi connectivity index (χ4v) is 4.24. The molecule has 38 heavy (non-hydrogen) atoms. The van der Waals surface area contributed by atoms with Crippen LogP contribution in [0.3, 0.4) is 0 Å². The molecule has 1 atom stereocenters. The Balaban J connectivity index is 1.67. The third-order valence-corrected chi connectivity index (χ3v) is 6.29. The summed E-state index contributed by atoms with van der Waals surface area (Å²) in [7, 11) is 1.52. The fourth-order valence-electron chi connectivity index (χ4n) is 3.46. The van der Waals surface area contributed by atoms with Gasteiger partial charge < -0.3 is 14.8 Å². The van der Waals surface area contributed by atoms with Crippen LogP contribution in [-0.4, -0.2) is 31.2 Å². The maximum Gasteiger partial charge on any atom is 0.262 e. The Kier molecular flexibility index (Phi) is 10.2. The van der Waals surface area contributed by atoms with Crippen molar-refractivity contribution in [2.45, 2.75) is 26.5 Å². The zero-order chi connectivity index (χ0) is 27.7. The number of nitrogens with one attached hydrogen (secondary N) is 2. The van der Waals surface area contributed by atoms with E-state index in [4.69, 9.17) is 9.47 Å². The molecule has 196 valence electrons. The van der Waals surface area contributed by atoms with Gasteiger partial charge in [0.05, 0.1) is 28.5 Å². The van der Waals surface area contributed by atoms with Crippen LogP contribution >= 0.6 is 22.6 Å². The maximum atomic E-state index is 13.1. The van der Waals surface area contributed by atoms with Crippen molar-refractivity contribution in [2.75, 3.05) is 7.11 Å². The molecule has 0 aliphatic rings. The van der Waals surface area contributed by atoms with E-state index in [9.17, 15) is 19.2 Å². The van der Waals surface area contributed by atoms with Crippen molar-refractivity contribution in [3.63, 3.8) is 0 Å². The number of hydrogen-bond acceptors (Lipinski definition) is 6. The van der Waals surface area contributed by atoms with Crippen molar-refractivity contribution in [1.29, 1.82) is 5.26 Å². The molecule has 3 aromatic carbocycles. The third-order valence-electron chi connectivity index (χ3n) is 5.49. The van der Waals surface area contributed by atoms with Gasteiger partial charge in [-0.05, 0) is 76.5 Å². The second-order valence-electron chi connectivity index (χ2n) is 8.53. The molecule has 10 heteroatoms. The predicted octanol–water partition coefficient (Wildman–Crippen LogP) is 4.79. The molecule has 3 aromatic rings. The first-order chi connectivity index (χ1) is 18.2. The smallest absolute Gasteiger partial charge is 0.262 e. The second kappa shape index (κ2) is 13.5. The number of nitrogens with zero attached hydrogens (tertiary/aromatic N) is 2. The number of amides is 2. The molecule has 2 N–H and O–H groups in total. The Morgan fingerprint density at radius 1 is 1.16 bits per heavy atom. The van der Waals surface area contributed by atoms with Gasteiger partial charge in [-0.15, -0.1) is 0 Å². The van der Waals surface area contributed by atoms with E-state index >= 15 is 0 Å². The van der Waals surface area contributed by atoms with E-state index in [1.54, 1.807) is 38.1 Å². The molecule has 0 spiro atoms. The van der Waals surface area contributed by atoms with E-state index in [-0.39, 0.29) is 18.1 Å². The van der Waals surface area contributed by atoms with Gasteiger partial charge >= 0.3 is 0 Å². The minimum absolute atomic E-state index is 0.194. The molecule has 0 bridgehead atoms. The van der Waals surface area contributed by atoms with Crippen LogP contribution in [0.25, 0.3) is 0 Å². The van der Waals surface area contributed by atoms with E-state index in [1.807, 2.05) is 12.1 Å². The van der Waals surface area contributed by atoms with E-state index < -0.39 is 23.7 Å². The highest BCUT2D eigenvalue weighted by Gasteiger charge is 2.24. The molecule has 0 heterocycles. The Hall–Kier alpha value is -3.98. The van der Waals surface area contributed by atoms with Crippen LogP contribution < -0.4 is 20.2 Å². The number of benzene rings is 3. The minimum Gasteiger partial charge on any atom is -0.493 e. The van der Waals surface area contributed by atoms with Crippen LogP contribution in [0.5, 0.6) is 11.5 Å². The van der Waals surface area contributed by atoms with Crippen molar-refractivity contribution in [3.05, 3.63) is 92.3 Å². The topological polar surface area (TPSA) is 113 Å². The van der Waals surface area contributed by atoms with Crippen LogP contribution in [0.2, 0.25) is 0 Å². The third kappa shape index (κ3) is 7.52. The first-order valence-corrected chi connectivity index (χ1v) is 12.7. The molecule has 1 unspecified atom stereocenters. The summed E-state index contributed by atoms with van der Waals surface area (Å²) in [5.74, 6) is -0.682.